The van der Waals surface area contributed by atoms with Gasteiger partial charge >= 0.3 is 10.1 Å². The lowest BCUT2D eigenvalue weighted by molar-refractivity contribution is -0.119. The second-order valence-electron chi connectivity index (χ2n) is 7.16. The van der Waals surface area contributed by atoms with Gasteiger partial charge in [-0.05, 0) is 30.1 Å². The standard InChI is InChI=1S/C17H16F5N3O4S/c18-12-13(19)15(21)17(16(22)14(12)20)30(27,28)29-25-10(23)4-8-6-1-2-7(3-6)9(8)5-11(24)26/h1-2,6-9H,3-5H2,(H2,23,25)(H2,24,26). The molecule has 4 atom stereocenters. The number of nitrogens with zero attached hydrogens (tertiary/aromatic N) is 1. The molecule has 1 saturated carbocycles. The second-order valence-corrected chi connectivity index (χ2v) is 8.63. The number of amidine groups is 1. The summed E-state index contributed by atoms with van der Waals surface area (Å²) in [5, 5.41) is 3.09. The van der Waals surface area contributed by atoms with Crippen LogP contribution in [0, 0.1) is 52.8 Å². The summed E-state index contributed by atoms with van der Waals surface area (Å²) in [7, 11) is -5.51. The zero-order valence-corrected chi connectivity index (χ0v) is 15.9. The number of fused-ring (bicyclic) bond motifs is 2. The molecule has 1 aromatic rings. The number of primary amides is 1. The lowest BCUT2D eigenvalue weighted by Gasteiger charge is -2.26. The Kier molecular flexibility index (Phi) is 5.76. The van der Waals surface area contributed by atoms with E-state index >= 15 is 0 Å². The maximum atomic E-state index is 13.7. The van der Waals surface area contributed by atoms with Crippen LogP contribution in [0.1, 0.15) is 19.3 Å². The highest BCUT2D eigenvalue weighted by molar-refractivity contribution is 7.86. The van der Waals surface area contributed by atoms with Crippen molar-refractivity contribution in [2.24, 2.45) is 40.3 Å². The van der Waals surface area contributed by atoms with Crippen molar-refractivity contribution >= 4 is 21.9 Å². The fourth-order valence-electron chi connectivity index (χ4n) is 4.08. The molecular weight excluding hydrogens is 437 g/mol. The van der Waals surface area contributed by atoms with Crippen LogP contribution in [-0.4, -0.2) is 20.2 Å². The Morgan fingerprint density at radius 2 is 1.40 bits per heavy atom. The molecule has 4 unspecified atom stereocenters. The third-order valence-corrected chi connectivity index (χ3v) is 6.48. The average molecular weight is 453 g/mol. The smallest absolute Gasteiger partial charge is 0.364 e. The molecule has 0 heterocycles. The van der Waals surface area contributed by atoms with Crippen molar-refractivity contribution in [2.75, 3.05) is 0 Å². The molecule has 4 N–H and O–H groups in total. The van der Waals surface area contributed by atoms with Crippen LogP contribution in [0.3, 0.4) is 0 Å². The number of amides is 1. The lowest BCUT2D eigenvalue weighted by Crippen LogP contribution is -2.29. The van der Waals surface area contributed by atoms with Crippen LogP contribution in [0.5, 0.6) is 0 Å². The first-order valence-corrected chi connectivity index (χ1v) is 10.1. The minimum Gasteiger partial charge on any atom is -0.384 e. The fourth-order valence-corrected chi connectivity index (χ4v) is 4.97. The zero-order valence-electron chi connectivity index (χ0n) is 15.1. The van der Waals surface area contributed by atoms with Gasteiger partial charge < -0.3 is 11.5 Å². The Bertz CT molecular complexity index is 1030. The Hall–Kier alpha value is -2.70. The van der Waals surface area contributed by atoms with E-state index in [1.54, 1.807) is 0 Å². The van der Waals surface area contributed by atoms with Gasteiger partial charge in [0.1, 0.15) is 5.84 Å². The third-order valence-electron chi connectivity index (χ3n) is 5.35. The minimum absolute atomic E-state index is 0.0317. The molecule has 164 valence electrons. The van der Waals surface area contributed by atoms with Crippen molar-refractivity contribution in [1.82, 2.24) is 0 Å². The van der Waals surface area contributed by atoms with Gasteiger partial charge in [-0.3, -0.25) is 9.08 Å². The van der Waals surface area contributed by atoms with Gasteiger partial charge in [-0.25, -0.2) is 22.0 Å². The number of halogens is 5. The maximum absolute atomic E-state index is 13.7. The predicted molar refractivity (Wildman–Crippen MR) is 92.3 cm³/mol. The van der Waals surface area contributed by atoms with E-state index in [9.17, 15) is 35.2 Å². The zero-order chi connectivity index (χ0) is 22.4. The van der Waals surface area contributed by atoms with E-state index in [0.717, 1.165) is 6.42 Å². The van der Waals surface area contributed by atoms with Gasteiger partial charge in [0.05, 0.1) is 0 Å². The molecule has 30 heavy (non-hydrogen) atoms. The molecule has 13 heteroatoms. The van der Waals surface area contributed by atoms with Crippen molar-refractivity contribution in [3.05, 3.63) is 41.2 Å². The summed E-state index contributed by atoms with van der Waals surface area (Å²) >= 11 is 0. The average Bonchev–Trinajstić information content (AvgIpc) is 3.26. The van der Waals surface area contributed by atoms with E-state index in [4.69, 9.17) is 11.5 Å². The van der Waals surface area contributed by atoms with Crippen LogP contribution < -0.4 is 11.5 Å². The number of benzene rings is 1. The molecule has 2 aliphatic carbocycles. The first-order valence-electron chi connectivity index (χ1n) is 8.68. The van der Waals surface area contributed by atoms with E-state index in [1.807, 2.05) is 12.2 Å². The molecule has 7 nitrogen and oxygen atoms in total. The number of carbonyl (C=O) groups excluding carboxylic acids is 1. The molecule has 1 fully saturated rings. The highest BCUT2D eigenvalue weighted by Crippen LogP contribution is 2.50. The van der Waals surface area contributed by atoms with Crippen LogP contribution in [0.25, 0.3) is 0 Å². The van der Waals surface area contributed by atoms with Gasteiger partial charge in [-0.2, -0.15) is 8.42 Å². The van der Waals surface area contributed by atoms with Crippen LogP contribution in [0.15, 0.2) is 22.2 Å². The van der Waals surface area contributed by atoms with Crippen LogP contribution in [0.4, 0.5) is 22.0 Å². The summed E-state index contributed by atoms with van der Waals surface area (Å²) in [5.41, 5.74) is 10.9. The van der Waals surface area contributed by atoms with Gasteiger partial charge in [0.2, 0.25) is 11.7 Å². The van der Waals surface area contributed by atoms with Gasteiger partial charge in [0.25, 0.3) is 0 Å². The summed E-state index contributed by atoms with van der Waals surface area (Å²) in [5.74, 6) is -13.7. The van der Waals surface area contributed by atoms with Crippen molar-refractivity contribution in [1.29, 1.82) is 0 Å². The summed E-state index contributed by atoms with van der Waals surface area (Å²) in [6, 6.07) is 0. The summed E-state index contributed by atoms with van der Waals surface area (Å²) in [6.45, 7) is 0. The van der Waals surface area contributed by atoms with Crippen molar-refractivity contribution in [3.8, 4) is 0 Å². The molecule has 0 radical (unpaired) electrons. The number of carbonyl (C=O) groups is 1. The summed E-state index contributed by atoms with van der Waals surface area (Å²) in [6.07, 6.45) is 4.67. The summed E-state index contributed by atoms with van der Waals surface area (Å²) in [4.78, 5) is 9.12. The highest BCUT2D eigenvalue weighted by Gasteiger charge is 2.45. The Morgan fingerprint density at radius 3 is 1.90 bits per heavy atom. The molecule has 1 amide bonds. The molecule has 0 spiro atoms. The monoisotopic (exact) mass is 453 g/mol. The SMILES string of the molecule is NC(=O)CC1C2C=CC(C2)C1CC(N)=NOS(=O)(=O)c1c(F)c(F)c(F)c(F)c1F. The largest absolute Gasteiger partial charge is 0.384 e. The predicted octanol–water partition coefficient (Wildman–Crippen LogP) is 2.06. The number of rotatable bonds is 7. The van der Waals surface area contributed by atoms with Crippen molar-refractivity contribution in [2.45, 2.75) is 24.2 Å². The molecule has 0 saturated heterocycles. The number of nitrogens with two attached hydrogens (primary N) is 2. The van der Waals surface area contributed by atoms with E-state index in [2.05, 4.69) is 9.44 Å². The fraction of sp³-hybridized carbons (Fsp3) is 0.412. The molecule has 3 rings (SSSR count). The Morgan fingerprint density at radius 1 is 0.933 bits per heavy atom. The number of hydrogen-bond donors (Lipinski definition) is 2. The molecular formula is C17H16F5N3O4S. The van der Waals surface area contributed by atoms with Gasteiger partial charge in [-0.15, -0.1) is 0 Å². The highest BCUT2D eigenvalue weighted by atomic mass is 32.2. The number of hydrogen-bond acceptors (Lipinski definition) is 5. The van der Waals surface area contributed by atoms with Gasteiger partial charge in [0, 0.05) is 12.8 Å². The van der Waals surface area contributed by atoms with Gasteiger partial charge in [0.15, 0.2) is 28.2 Å². The molecule has 0 aliphatic heterocycles. The lowest BCUT2D eigenvalue weighted by atomic mass is 9.79. The third kappa shape index (κ3) is 3.85. The van der Waals surface area contributed by atoms with Crippen LogP contribution in [-0.2, 0) is 19.2 Å². The number of allylic oxidation sites excluding steroid dienone is 2. The normalized spacial score (nSPS) is 25.7. The van der Waals surface area contributed by atoms with Crippen LogP contribution >= 0.6 is 0 Å². The van der Waals surface area contributed by atoms with E-state index in [0.29, 0.717) is 0 Å². The van der Waals surface area contributed by atoms with Crippen molar-refractivity contribution in [3.63, 3.8) is 0 Å². The van der Waals surface area contributed by atoms with Gasteiger partial charge in [-0.1, -0.05) is 17.3 Å². The molecule has 0 aromatic heterocycles. The Balaban J connectivity index is 1.80. The second kappa shape index (κ2) is 7.85. The van der Waals surface area contributed by atoms with E-state index in [-0.39, 0.29) is 36.5 Å². The quantitative estimate of drug-likeness (QED) is 0.124. The van der Waals surface area contributed by atoms with E-state index in [1.165, 1.54) is 0 Å². The maximum Gasteiger partial charge on any atom is 0.364 e. The first kappa shape index (κ1) is 22.0. The Labute approximate surface area is 167 Å². The van der Waals surface area contributed by atoms with Crippen LogP contribution in [0.2, 0.25) is 0 Å². The molecule has 2 bridgehead atoms. The molecule has 2 aliphatic rings. The number of oxime groups is 1. The topological polar surface area (TPSA) is 125 Å². The first-order chi connectivity index (χ1) is 13.9. The summed E-state index contributed by atoms with van der Waals surface area (Å²) < 4.78 is 95.0. The molecule has 1 aromatic carbocycles. The minimum atomic E-state index is -5.51. The van der Waals surface area contributed by atoms with E-state index < -0.39 is 55.8 Å². The van der Waals surface area contributed by atoms with Crippen molar-refractivity contribution < 1.29 is 39.4 Å².